The van der Waals surface area contributed by atoms with Gasteiger partial charge in [0, 0.05) is 17.7 Å². The van der Waals surface area contributed by atoms with E-state index in [-0.39, 0.29) is 23.2 Å². The molecule has 0 aromatic heterocycles. The summed E-state index contributed by atoms with van der Waals surface area (Å²) in [7, 11) is 0. The van der Waals surface area contributed by atoms with E-state index in [1.807, 2.05) is 12.1 Å². The van der Waals surface area contributed by atoms with E-state index < -0.39 is 0 Å². The summed E-state index contributed by atoms with van der Waals surface area (Å²) in [6.45, 7) is 4.50. The van der Waals surface area contributed by atoms with Crippen molar-refractivity contribution < 1.29 is 19.7 Å². The first kappa shape index (κ1) is 24.3. The molecular formula is C29H42O4. The molecule has 5 atom stereocenters. The molecule has 4 rings (SSSR count). The van der Waals surface area contributed by atoms with Gasteiger partial charge in [0.25, 0.3) is 0 Å². The average molecular weight is 455 g/mol. The van der Waals surface area contributed by atoms with Gasteiger partial charge in [-0.3, -0.25) is 0 Å². The van der Waals surface area contributed by atoms with Gasteiger partial charge in [-0.2, -0.15) is 0 Å². The summed E-state index contributed by atoms with van der Waals surface area (Å²) in [5.74, 6) is 1.73. The normalized spacial score (nSPS) is 30.6. The summed E-state index contributed by atoms with van der Waals surface area (Å²) in [4.78, 5) is 12.6. The molecule has 33 heavy (non-hydrogen) atoms. The van der Waals surface area contributed by atoms with Crippen molar-refractivity contribution in [3.63, 3.8) is 0 Å². The zero-order valence-corrected chi connectivity index (χ0v) is 20.5. The molecule has 0 spiro atoms. The summed E-state index contributed by atoms with van der Waals surface area (Å²) in [5.41, 5.74) is 2.27. The lowest BCUT2D eigenvalue weighted by Crippen LogP contribution is -2.44. The smallest absolute Gasteiger partial charge is 0.335 e. The number of fused-ring (bicyclic) bond motifs is 5. The fraction of sp³-hybridized carbons (Fsp3) is 0.690. The van der Waals surface area contributed by atoms with Crippen LogP contribution in [0.4, 0.5) is 0 Å². The maximum Gasteiger partial charge on any atom is 0.335 e. The average Bonchev–Trinajstić information content (AvgIpc) is 3.09. The van der Waals surface area contributed by atoms with Crippen molar-refractivity contribution >= 4 is 5.97 Å². The van der Waals surface area contributed by atoms with Crippen LogP contribution in [-0.2, 0) is 11.2 Å². The topological polar surface area (TPSA) is 66.8 Å². The lowest BCUT2D eigenvalue weighted by molar-refractivity contribution is -0.129. The number of aliphatic hydroxyl groups is 1. The Morgan fingerprint density at radius 3 is 2.73 bits per heavy atom. The molecule has 4 nitrogen and oxygen atoms in total. The van der Waals surface area contributed by atoms with Crippen molar-refractivity contribution in [2.24, 2.45) is 17.3 Å². The fourth-order valence-electron chi connectivity index (χ4n) is 7.09. The van der Waals surface area contributed by atoms with E-state index >= 15 is 0 Å². The van der Waals surface area contributed by atoms with Gasteiger partial charge < -0.3 is 14.9 Å². The number of aliphatic hydroxyl groups excluding tert-OH is 1. The molecule has 1 aromatic rings. The van der Waals surface area contributed by atoms with Gasteiger partial charge >= 0.3 is 5.97 Å². The second-order valence-corrected chi connectivity index (χ2v) is 10.9. The summed E-state index contributed by atoms with van der Waals surface area (Å²) in [5, 5.41) is 20.9. The second kappa shape index (κ2) is 10.6. The summed E-state index contributed by atoms with van der Waals surface area (Å²) >= 11 is 0. The third kappa shape index (κ3) is 5.16. The predicted octanol–water partition coefficient (Wildman–Crippen LogP) is 6.82. The Morgan fingerprint density at radius 1 is 1.12 bits per heavy atom. The number of hydrogen-bond acceptors (Lipinski definition) is 4. The van der Waals surface area contributed by atoms with Crippen LogP contribution in [0.1, 0.15) is 108 Å². The van der Waals surface area contributed by atoms with E-state index in [0.717, 1.165) is 62.5 Å². The molecule has 2 saturated carbocycles. The standard InChI is InChI=1S/C29H42O4/c1-3-4-5-6-7-8-9-10-11-27(32)33-25-19-21(30)18-20-12-13-22-23(28(20)25)16-17-29(2)24(22)14-15-26(29)31/h10-11,18-19,22-24,26,30-31H,3-9,12-17H2,1-2H3/b11-10+/t22-,23-,24-,26-,29-/m0/s1. The minimum absolute atomic E-state index is 0.0195. The molecule has 3 aliphatic carbocycles. The van der Waals surface area contributed by atoms with E-state index in [1.54, 1.807) is 12.1 Å². The molecule has 0 unspecified atom stereocenters. The molecule has 1 aromatic carbocycles. The van der Waals surface area contributed by atoms with Gasteiger partial charge in [0.15, 0.2) is 0 Å². The Kier molecular flexibility index (Phi) is 7.83. The van der Waals surface area contributed by atoms with E-state index in [2.05, 4.69) is 13.8 Å². The monoisotopic (exact) mass is 454 g/mol. The zero-order chi connectivity index (χ0) is 23.4. The number of carbonyl (C=O) groups excluding carboxylic acids is 1. The Hall–Kier alpha value is -1.81. The number of hydrogen-bond donors (Lipinski definition) is 2. The van der Waals surface area contributed by atoms with Crippen LogP contribution in [0.25, 0.3) is 0 Å². The lowest BCUT2D eigenvalue weighted by Gasteiger charge is -2.50. The molecule has 182 valence electrons. The molecule has 2 N–H and O–H groups in total. The first-order valence-corrected chi connectivity index (χ1v) is 13.4. The van der Waals surface area contributed by atoms with Crippen molar-refractivity contribution in [3.05, 3.63) is 35.4 Å². The number of allylic oxidation sites excluding steroid dienone is 1. The Bertz CT molecular complexity index is 859. The van der Waals surface area contributed by atoms with Gasteiger partial charge in [0.2, 0.25) is 0 Å². The third-order valence-electron chi connectivity index (χ3n) is 8.91. The maximum atomic E-state index is 12.6. The molecule has 0 saturated heterocycles. The van der Waals surface area contributed by atoms with Crippen molar-refractivity contribution in [3.8, 4) is 11.5 Å². The van der Waals surface area contributed by atoms with Gasteiger partial charge in [-0.15, -0.1) is 0 Å². The number of aromatic hydroxyl groups is 1. The largest absolute Gasteiger partial charge is 0.508 e. The first-order valence-electron chi connectivity index (χ1n) is 13.4. The highest BCUT2D eigenvalue weighted by molar-refractivity contribution is 5.84. The van der Waals surface area contributed by atoms with Gasteiger partial charge in [-0.05, 0) is 86.2 Å². The van der Waals surface area contributed by atoms with Gasteiger partial charge in [-0.1, -0.05) is 52.0 Å². The molecule has 0 radical (unpaired) electrons. The van der Waals surface area contributed by atoms with Crippen LogP contribution < -0.4 is 4.74 Å². The maximum absolute atomic E-state index is 12.6. The van der Waals surface area contributed by atoms with Crippen molar-refractivity contribution in [1.29, 1.82) is 0 Å². The Balaban J connectivity index is 1.42. The molecule has 0 amide bonds. The minimum Gasteiger partial charge on any atom is -0.508 e. The van der Waals surface area contributed by atoms with Gasteiger partial charge in [-0.25, -0.2) is 4.79 Å². The Labute approximate surface area is 199 Å². The van der Waals surface area contributed by atoms with Crippen LogP contribution in [0, 0.1) is 17.3 Å². The van der Waals surface area contributed by atoms with Gasteiger partial charge in [0.1, 0.15) is 11.5 Å². The molecule has 2 fully saturated rings. The minimum atomic E-state index is -0.354. The fourth-order valence-corrected chi connectivity index (χ4v) is 7.09. The predicted molar refractivity (Wildman–Crippen MR) is 131 cm³/mol. The first-order chi connectivity index (χ1) is 15.9. The Morgan fingerprint density at radius 2 is 1.91 bits per heavy atom. The number of unbranched alkanes of at least 4 members (excludes halogenated alkanes) is 6. The van der Waals surface area contributed by atoms with Crippen molar-refractivity contribution in [1.82, 2.24) is 0 Å². The number of aryl methyl sites for hydroxylation is 1. The van der Waals surface area contributed by atoms with E-state index in [9.17, 15) is 15.0 Å². The highest BCUT2D eigenvalue weighted by Crippen LogP contribution is 2.62. The molecule has 4 heteroatoms. The summed E-state index contributed by atoms with van der Waals surface area (Å²) < 4.78 is 5.82. The SMILES string of the molecule is CCCCCCCC/C=C/C(=O)Oc1cc(O)cc2c1[C@H]1CC[C@]3(C)[C@@H](O)CC[C@H]3[C@H]1CC2. The zero-order valence-electron chi connectivity index (χ0n) is 20.5. The van der Waals surface area contributed by atoms with E-state index in [0.29, 0.717) is 23.5 Å². The van der Waals surface area contributed by atoms with Crippen LogP contribution in [0.2, 0.25) is 0 Å². The van der Waals surface area contributed by atoms with E-state index in [1.165, 1.54) is 32.1 Å². The number of rotatable bonds is 9. The van der Waals surface area contributed by atoms with Crippen LogP contribution >= 0.6 is 0 Å². The molecule has 0 bridgehead atoms. The van der Waals surface area contributed by atoms with Gasteiger partial charge in [0.05, 0.1) is 6.10 Å². The third-order valence-corrected chi connectivity index (χ3v) is 8.91. The van der Waals surface area contributed by atoms with Crippen molar-refractivity contribution in [2.75, 3.05) is 0 Å². The number of phenols is 1. The highest BCUT2D eigenvalue weighted by Gasteiger charge is 2.54. The van der Waals surface area contributed by atoms with E-state index in [4.69, 9.17) is 4.74 Å². The van der Waals surface area contributed by atoms with Crippen LogP contribution in [0.5, 0.6) is 11.5 Å². The van der Waals surface area contributed by atoms with Crippen LogP contribution in [-0.4, -0.2) is 22.3 Å². The van der Waals surface area contributed by atoms with Crippen LogP contribution in [0.15, 0.2) is 24.3 Å². The highest BCUT2D eigenvalue weighted by atomic mass is 16.5. The number of carbonyl (C=O) groups is 1. The van der Waals surface area contributed by atoms with Crippen molar-refractivity contribution in [2.45, 2.75) is 109 Å². The quantitative estimate of drug-likeness (QED) is 0.186. The molecule has 3 aliphatic rings. The summed E-state index contributed by atoms with van der Waals surface area (Å²) in [6, 6.07) is 3.48. The molecule has 0 heterocycles. The number of phenolic OH excluding ortho intramolecular Hbond substituents is 1. The second-order valence-electron chi connectivity index (χ2n) is 10.9. The molecule has 0 aliphatic heterocycles. The lowest BCUT2D eigenvalue weighted by atomic mass is 9.55. The number of benzene rings is 1. The number of esters is 1. The summed E-state index contributed by atoms with van der Waals surface area (Å²) in [6.07, 6.45) is 17.6. The number of ether oxygens (including phenoxy) is 1. The van der Waals surface area contributed by atoms with Crippen LogP contribution in [0.3, 0.4) is 0 Å². The molecular weight excluding hydrogens is 412 g/mol.